The van der Waals surface area contributed by atoms with Crippen molar-refractivity contribution in [1.29, 1.82) is 0 Å². The maximum absolute atomic E-state index is 12.8. The van der Waals surface area contributed by atoms with Gasteiger partial charge < -0.3 is 15.5 Å². The number of carbonyl (C=O) groups is 2. The molecule has 0 radical (unpaired) electrons. The number of rotatable bonds is 8. The predicted molar refractivity (Wildman–Crippen MR) is 112 cm³/mol. The number of nitrogens with zero attached hydrogens (tertiary/aromatic N) is 1. The van der Waals surface area contributed by atoms with E-state index in [0.717, 1.165) is 16.8 Å². The molecule has 29 heavy (non-hydrogen) atoms. The van der Waals surface area contributed by atoms with Gasteiger partial charge >= 0.3 is 0 Å². The van der Waals surface area contributed by atoms with E-state index < -0.39 is 12.1 Å². The van der Waals surface area contributed by atoms with Crippen LogP contribution in [0.15, 0.2) is 65.8 Å². The largest absolute Gasteiger partial charge is 0.382 e. The van der Waals surface area contributed by atoms with Crippen molar-refractivity contribution in [2.45, 2.75) is 38.8 Å². The molecule has 0 aromatic heterocycles. The highest BCUT2D eigenvalue weighted by atomic mass is 16.6. The van der Waals surface area contributed by atoms with Gasteiger partial charge in [0.2, 0.25) is 12.0 Å². The lowest BCUT2D eigenvalue weighted by atomic mass is 10.0. The Morgan fingerprint density at radius 1 is 1.07 bits per heavy atom. The highest BCUT2D eigenvalue weighted by Gasteiger charge is 2.32. The summed E-state index contributed by atoms with van der Waals surface area (Å²) in [5.41, 5.74) is 2.64. The molecule has 1 aliphatic heterocycles. The van der Waals surface area contributed by atoms with Gasteiger partial charge in [-0.3, -0.25) is 9.59 Å². The minimum Gasteiger partial charge on any atom is -0.382 e. The lowest BCUT2D eigenvalue weighted by molar-refractivity contribution is -0.135. The van der Waals surface area contributed by atoms with Crippen LogP contribution < -0.4 is 10.6 Å². The molecule has 0 saturated heterocycles. The first-order chi connectivity index (χ1) is 14.0. The molecular weight excluding hydrogens is 366 g/mol. The summed E-state index contributed by atoms with van der Waals surface area (Å²) in [5, 5.41) is 9.82. The van der Waals surface area contributed by atoms with E-state index in [-0.39, 0.29) is 11.8 Å². The second-order valence-corrected chi connectivity index (χ2v) is 7.59. The van der Waals surface area contributed by atoms with Crippen LogP contribution in [-0.2, 0) is 20.8 Å². The second-order valence-electron chi connectivity index (χ2n) is 7.59. The lowest BCUT2D eigenvalue weighted by Crippen LogP contribution is -2.51. The average Bonchev–Trinajstić information content (AvgIpc) is 3.23. The Balaban J connectivity index is 1.63. The van der Waals surface area contributed by atoms with Crippen molar-refractivity contribution >= 4 is 17.5 Å². The molecule has 2 N–H and O–H groups in total. The number of nitrogens with one attached hydrogen (secondary N) is 2. The van der Waals surface area contributed by atoms with Gasteiger partial charge in [0.1, 0.15) is 6.04 Å². The first-order valence-corrected chi connectivity index (χ1v) is 9.93. The van der Waals surface area contributed by atoms with Crippen molar-refractivity contribution in [3.8, 4) is 0 Å². The zero-order valence-corrected chi connectivity index (χ0v) is 16.8. The van der Waals surface area contributed by atoms with Crippen LogP contribution in [0.2, 0.25) is 0 Å². The van der Waals surface area contributed by atoms with E-state index in [1.54, 1.807) is 0 Å². The Labute approximate surface area is 171 Å². The van der Waals surface area contributed by atoms with E-state index in [0.29, 0.717) is 25.3 Å². The lowest BCUT2D eigenvalue weighted by Gasteiger charge is -2.20. The Hall–Kier alpha value is -3.15. The van der Waals surface area contributed by atoms with E-state index in [1.807, 2.05) is 74.5 Å². The number of hydrogen-bond acceptors (Lipinski definition) is 4. The zero-order valence-electron chi connectivity index (χ0n) is 16.8. The van der Waals surface area contributed by atoms with E-state index in [2.05, 4.69) is 15.8 Å². The van der Waals surface area contributed by atoms with Crippen molar-refractivity contribution in [2.24, 2.45) is 11.1 Å². The van der Waals surface area contributed by atoms with Crippen LogP contribution in [0.3, 0.4) is 0 Å². The fraction of sp³-hybridized carbons (Fsp3) is 0.348. The smallest absolute Gasteiger partial charge is 0.265 e. The van der Waals surface area contributed by atoms with Crippen LogP contribution in [0.25, 0.3) is 0 Å². The molecule has 0 bridgehead atoms. The van der Waals surface area contributed by atoms with E-state index in [9.17, 15) is 9.59 Å². The summed E-state index contributed by atoms with van der Waals surface area (Å²) in [6.07, 6.45) is 0.0540. The second kappa shape index (κ2) is 9.87. The summed E-state index contributed by atoms with van der Waals surface area (Å²) in [6, 6.07) is 18.6. The average molecular weight is 393 g/mol. The van der Waals surface area contributed by atoms with Crippen LogP contribution in [-0.4, -0.2) is 36.2 Å². The third-order valence-corrected chi connectivity index (χ3v) is 4.67. The molecule has 2 unspecified atom stereocenters. The quantitative estimate of drug-likeness (QED) is 0.724. The van der Waals surface area contributed by atoms with E-state index in [1.165, 1.54) is 0 Å². The van der Waals surface area contributed by atoms with Crippen molar-refractivity contribution in [3.05, 3.63) is 71.8 Å². The number of benzene rings is 2. The summed E-state index contributed by atoms with van der Waals surface area (Å²) in [7, 11) is 0. The molecule has 2 aromatic carbocycles. The van der Waals surface area contributed by atoms with Crippen LogP contribution in [0.4, 0.5) is 0 Å². The van der Waals surface area contributed by atoms with Crippen molar-refractivity contribution in [3.63, 3.8) is 0 Å². The van der Waals surface area contributed by atoms with Gasteiger partial charge in [0.05, 0.1) is 5.71 Å². The van der Waals surface area contributed by atoms with Crippen molar-refractivity contribution < 1.29 is 14.4 Å². The fourth-order valence-corrected chi connectivity index (χ4v) is 3.07. The minimum atomic E-state index is -0.735. The molecule has 1 heterocycles. The molecule has 1 aliphatic rings. The monoisotopic (exact) mass is 393 g/mol. The standard InChI is InChI=1S/C23H27N3O3/c1-16(2)15-24-22(27)20(13-17-9-5-3-6-10-17)25-23(28)21-14-19(26-29-21)18-11-7-4-8-12-18/h3-12,16,20-21H,13-15H2,1-2H3,(H,24,27)(H,25,28). The Bertz CT molecular complexity index is 850. The highest BCUT2D eigenvalue weighted by Crippen LogP contribution is 2.17. The Morgan fingerprint density at radius 3 is 2.38 bits per heavy atom. The SMILES string of the molecule is CC(C)CNC(=O)C(Cc1ccccc1)NC(=O)C1CC(c2ccccc2)=NO1. The molecule has 2 aromatic rings. The van der Waals surface area contributed by atoms with E-state index in [4.69, 9.17) is 4.84 Å². The minimum absolute atomic E-state index is 0.196. The Kier molecular flexibility index (Phi) is 7.00. The molecule has 2 atom stereocenters. The van der Waals surface area contributed by atoms with E-state index >= 15 is 0 Å². The molecule has 0 aliphatic carbocycles. The summed E-state index contributed by atoms with van der Waals surface area (Å²) in [5.74, 6) is -0.203. The van der Waals surface area contributed by atoms with Crippen molar-refractivity contribution in [1.82, 2.24) is 10.6 Å². The third-order valence-electron chi connectivity index (χ3n) is 4.67. The Morgan fingerprint density at radius 2 is 1.72 bits per heavy atom. The van der Waals surface area contributed by atoms with Gasteiger partial charge in [-0.2, -0.15) is 0 Å². The number of carbonyl (C=O) groups excluding carboxylic acids is 2. The van der Waals surface area contributed by atoms with Gasteiger partial charge in [-0.1, -0.05) is 79.7 Å². The van der Waals surface area contributed by atoms with Crippen LogP contribution >= 0.6 is 0 Å². The topological polar surface area (TPSA) is 79.8 Å². The molecule has 6 heteroatoms. The summed E-state index contributed by atoms with van der Waals surface area (Å²) in [6.45, 7) is 4.61. The normalized spacial score (nSPS) is 16.7. The first-order valence-electron chi connectivity index (χ1n) is 9.93. The molecular formula is C23H27N3O3. The van der Waals surface area contributed by atoms with Crippen LogP contribution in [0.1, 0.15) is 31.4 Å². The van der Waals surface area contributed by atoms with Crippen molar-refractivity contribution in [2.75, 3.05) is 6.54 Å². The number of hydrogen-bond donors (Lipinski definition) is 2. The third kappa shape index (κ3) is 5.91. The maximum Gasteiger partial charge on any atom is 0.265 e. The summed E-state index contributed by atoms with van der Waals surface area (Å²) >= 11 is 0. The van der Waals surface area contributed by atoms with Gasteiger partial charge in [0, 0.05) is 19.4 Å². The van der Waals surface area contributed by atoms with Gasteiger partial charge in [-0.05, 0) is 17.0 Å². The highest BCUT2D eigenvalue weighted by molar-refractivity contribution is 6.04. The molecule has 0 saturated carbocycles. The first kappa shape index (κ1) is 20.6. The summed E-state index contributed by atoms with van der Waals surface area (Å²) < 4.78 is 0. The van der Waals surface area contributed by atoms with Gasteiger partial charge in [-0.25, -0.2) is 0 Å². The molecule has 6 nitrogen and oxygen atoms in total. The van der Waals surface area contributed by atoms with Gasteiger partial charge in [0.15, 0.2) is 0 Å². The van der Waals surface area contributed by atoms with Gasteiger partial charge in [0.25, 0.3) is 5.91 Å². The molecule has 152 valence electrons. The number of amides is 2. The molecule has 2 amide bonds. The maximum atomic E-state index is 12.8. The van der Waals surface area contributed by atoms with Gasteiger partial charge in [-0.15, -0.1) is 0 Å². The predicted octanol–water partition coefficient (Wildman–Crippen LogP) is 2.68. The molecule has 3 rings (SSSR count). The van der Waals surface area contributed by atoms with Crippen LogP contribution in [0.5, 0.6) is 0 Å². The number of oxime groups is 1. The fourth-order valence-electron chi connectivity index (χ4n) is 3.07. The molecule has 0 spiro atoms. The summed E-state index contributed by atoms with van der Waals surface area (Å²) in [4.78, 5) is 30.8. The van der Waals surface area contributed by atoms with Crippen LogP contribution in [0, 0.1) is 5.92 Å². The zero-order chi connectivity index (χ0) is 20.6. The molecule has 0 fully saturated rings.